The fourth-order valence-electron chi connectivity index (χ4n) is 3.43. The predicted octanol–water partition coefficient (Wildman–Crippen LogP) is 7.45. The summed E-state index contributed by atoms with van der Waals surface area (Å²) in [4.78, 5) is 12.2. The van der Waals surface area contributed by atoms with Crippen LogP contribution >= 0.6 is 0 Å². The average Bonchev–Trinajstić information content (AvgIpc) is 2.76. The number of benzene rings is 2. The molecule has 0 aliphatic carbocycles. The van der Waals surface area contributed by atoms with E-state index in [1.165, 1.54) is 12.1 Å². The number of phenolic OH excluding ortho intramolecular Hbond substituents is 1. The zero-order valence-corrected chi connectivity index (χ0v) is 20.7. The van der Waals surface area contributed by atoms with Gasteiger partial charge in [-0.25, -0.2) is 0 Å². The van der Waals surface area contributed by atoms with Crippen LogP contribution in [0.4, 0.5) is 18.9 Å². The van der Waals surface area contributed by atoms with Gasteiger partial charge in [-0.3, -0.25) is 4.79 Å². The van der Waals surface area contributed by atoms with Gasteiger partial charge < -0.3 is 15.2 Å². The highest BCUT2D eigenvalue weighted by molar-refractivity contribution is 6.00. The Kier molecular flexibility index (Phi) is 9.12. The molecule has 7 heteroatoms. The highest BCUT2D eigenvalue weighted by Gasteiger charge is 2.34. The van der Waals surface area contributed by atoms with Crippen LogP contribution in [0.1, 0.15) is 41.7 Å². The van der Waals surface area contributed by atoms with Crippen molar-refractivity contribution in [3.63, 3.8) is 0 Å². The lowest BCUT2D eigenvalue weighted by atomic mass is 9.96. The van der Waals surface area contributed by atoms with Crippen LogP contribution in [0.3, 0.4) is 0 Å². The first-order chi connectivity index (χ1) is 16.3. The summed E-state index contributed by atoms with van der Waals surface area (Å²) in [7, 11) is 1.66. The Balaban J connectivity index is 2.07. The van der Waals surface area contributed by atoms with E-state index in [1.54, 1.807) is 26.2 Å². The van der Waals surface area contributed by atoms with Gasteiger partial charge >= 0.3 is 6.18 Å². The molecule has 0 spiro atoms. The van der Waals surface area contributed by atoms with E-state index >= 15 is 0 Å². The van der Waals surface area contributed by atoms with Crippen LogP contribution < -0.4 is 10.1 Å². The van der Waals surface area contributed by atoms with E-state index < -0.39 is 23.4 Å². The molecule has 186 valence electrons. The van der Waals surface area contributed by atoms with Crippen LogP contribution in [-0.2, 0) is 11.0 Å². The molecule has 2 rings (SSSR count). The minimum Gasteiger partial charge on any atom is -0.507 e. The second-order valence-electron chi connectivity index (χ2n) is 8.27. The molecular formula is C28H30F3NO3. The number of phenols is 1. The molecule has 2 N–H and O–H groups in total. The molecule has 0 atom stereocenters. The van der Waals surface area contributed by atoms with E-state index in [1.807, 2.05) is 39.0 Å². The van der Waals surface area contributed by atoms with Crippen LogP contribution in [0.15, 0.2) is 65.8 Å². The Morgan fingerprint density at radius 2 is 1.71 bits per heavy atom. The molecule has 35 heavy (non-hydrogen) atoms. The van der Waals surface area contributed by atoms with Crippen LogP contribution in [0.2, 0.25) is 0 Å². The number of ether oxygens (including phenoxy) is 1. The van der Waals surface area contributed by atoms with Crippen molar-refractivity contribution in [3.8, 4) is 11.5 Å². The van der Waals surface area contributed by atoms with E-state index in [0.717, 1.165) is 39.6 Å². The maximum atomic E-state index is 12.9. The van der Waals surface area contributed by atoms with E-state index in [9.17, 15) is 23.1 Å². The lowest BCUT2D eigenvalue weighted by molar-refractivity contribution is -0.138. The Morgan fingerprint density at radius 3 is 2.34 bits per heavy atom. The molecule has 0 saturated carbocycles. The number of hydrogen-bond donors (Lipinski definition) is 2. The Hall–Kier alpha value is -3.74. The van der Waals surface area contributed by atoms with Gasteiger partial charge in [0, 0.05) is 11.8 Å². The van der Waals surface area contributed by atoms with Gasteiger partial charge in [0.1, 0.15) is 11.5 Å². The number of aryl methyl sites for hydroxylation is 1. The van der Waals surface area contributed by atoms with Gasteiger partial charge in [0.25, 0.3) is 0 Å². The standard InChI is InChI=1S/C28H30F3NO3/c1-17(10-12-23-19(3)15-26(35-6)21(5)20(23)4)8-7-9-18(2)14-27(34)32-22-11-13-25(33)24(16-22)28(29,30)31/h7-16,33H,1-6H3,(H,32,34). The van der Waals surface area contributed by atoms with Gasteiger partial charge in [-0.2, -0.15) is 13.2 Å². The Labute approximate surface area is 204 Å². The number of nitrogens with one attached hydrogen (secondary N) is 1. The molecule has 0 aromatic heterocycles. The highest BCUT2D eigenvalue weighted by atomic mass is 19.4. The predicted molar refractivity (Wildman–Crippen MR) is 135 cm³/mol. The first-order valence-electron chi connectivity index (χ1n) is 10.9. The fourth-order valence-corrected chi connectivity index (χ4v) is 3.43. The molecule has 4 nitrogen and oxygen atoms in total. The summed E-state index contributed by atoms with van der Waals surface area (Å²) in [6.45, 7) is 9.79. The van der Waals surface area contributed by atoms with Crippen molar-refractivity contribution >= 4 is 17.7 Å². The summed E-state index contributed by atoms with van der Waals surface area (Å²) in [5.41, 5.74) is 4.84. The number of aromatic hydroxyl groups is 1. The van der Waals surface area contributed by atoms with Crippen molar-refractivity contribution in [1.29, 1.82) is 0 Å². The number of methoxy groups -OCH3 is 1. The second-order valence-corrected chi connectivity index (χ2v) is 8.27. The molecule has 1 amide bonds. The second kappa shape index (κ2) is 11.6. The van der Waals surface area contributed by atoms with E-state index in [4.69, 9.17) is 4.74 Å². The van der Waals surface area contributed by atoms with Crippen LogP contribution in [0.5, 0.6) is 11.5 Å². The molecule has 0 fully saturated rings. The van der Waals surface area contributed by atoms with Crippen molar-refractivity contribution in [1.82, 2.24) is 0 Å². The fraction of sp³-hybridized carbons (Fsp3) is 0.250. The quantitative estimate of drug-likeness (QED) is 0.243. The first kappa shape index (κ1) is 27.5. The maximum absolute atomic E-state index is 12.9. The minimum atomic E-state index is -4.72. The molecule has 0 aliphatic rings. The minimum absolute atomic E-state index is 0.0617. The van der Waals surface area contributed by atoms with E-state index in [0.29, 0.717) is 11.6 Å². The van der Waals surface area contributed by atoms with Gasteiger partial charge in [-0.05, 0) is 86.7 Å². The zero-order chi connectivity index (χ0) is 26.3. The Morgan fingerprint density at radius 1 is 1.03 bits per heavy atom. The maximum Gasteiger partial charge on any atom is 0.420 e. The third kappa shape index (κ3) is 7.64. The largest absolute Gasteiger partial charge is 0.507 e. The lowest BCUT2D eigenvalue weighted by Crippen LogP contribution is -2.11. The zero-order valence-electron chi connectivity index (χ0n) is 20.7. The molecule has 0 unspecified atom stereocenters. The summed E-state index contributed by atoms with van der Waals surface area (Å²) in [6, 6.07) is 4.81. The summed E-state index contributed by atoms with van der Waals surface area (Å²) < 4.78 is 44.1. The van der Waals surface area contributed by atoms with Crippen molar-refractivity contribution in [2.45, 2.75) is 40.8 Å². The van der Waals surface area contributed by atoms with Crippen molar-refractivity contribution in [2.75, 3.05) is 12.4 Å². The summed E-state index contributed by atoms with van der Waals surface area (Å²) in [5, 5.41) is 11.8. The highest BCUT2D eigenvalue weighted by Crippen LogP contribution is 2.37. The molecule has 0 radical (unpaired) electrons. The molecule has 0 aliphatic heterocycles. The van der Waals surface area contributed by atoms with Gasteiger partial charge in [-0.1, -0.05) is 36.0 Å². The molecule has 0 bridgehead atoms. The van der Waals surface area contributed by atoms with Gasteiger partial charge in [-0.15, -0.1) is 0 Å². The van der Waals surface area contributed by atoms with Crippen molar-refractivity contribution < 1.29 is 27.8 Å². The van der Waals surface area contributed by atoms with E-state index in [2.05, 4.69) is 18.3 Å². The third-order valence-electron chi connectivity index (χ3n) is 5.49. The molecular weight excluding hydrogens is 455 g/mol. The molecule has 2 aromatic rings. The molecule has 0 heterocycles. The number of halogens is 3. The smallest absolute Gasteiger partial charge is 0.420 e. The number of hydrogen-bond acceptors (Lipinski definition) is 3. The summed E-state index contributed by atoms with van der Waals surface area (Å²) >= 11 is 0. The molecule has 2 aromatic carbocycles. The monoisotopic (exact) mass is 485 g/mol. The van der Waals surface area contributed by atoms with Crippen LogP contribution in [0, 0.1) is 20.8 Å². The SMILES string of the molecule is COc1cc(C)c(C=CC(C)=CC=CC(C)=CC(=O)Nc2ccc(O)c(C(F)(F)F)c2)c(C)c1C. The number of alkyl halides is 3. The third-order valence-corrected chi connectivity index (χ3v) is 5.49. The van der Waals surface area contributed by atoms with Crippen molar-refractivity contribution in [3.05, 3.63) is 93.6 Å². The topological polar surface area (TPSA) is 58.6 Å². The number of carbonyl (C=O) groups excluding carboxylic acids is 1. The number of allylic oxidation sites excluding steroid dienone is 6. The summed E-state index contributed by atoms with van der Waals surface area (Å²) in [5.74, 6) is -0.606. The first-order valence-corrected chi connectivity index (χ1v) is 10.9. The number of anilines is 1. The van der Waals surface area contributed by atoms with Crippen LogP contribution in [-0.4, -0.2) is 18.1 Å². The Bertz CT molecular complexity index is 1220. The summed E-state index contributed by atoms with van der Waals surface area (Å²) in [6.07, 6.45) is 6.02. The average molecular weight is 486 g/mol. The number of carbonyl (C=O) groups is 1. The molecule has 0 saturated heterocycles. The lowest BCUT2D eigenvalue weighted by Gasteiger charge is -2.13. The van der Waals surface area contributed by atoms with Gasteiger partial charge in [0.05, 0.1) is 12.7 Å². The van der Waals surface area contributed by atoms with Gasteiger partial charge in [0.2, 0.25) is 5.91 Å². The number of amides is 1. The van der Waals surface area contributed by atoms with Crippen molar-refractivity contribution in [2.24, 2.45) is 0 Å². The van der Waals surface area contributed by atoms with E-state index in [-0.39, 0.29) is 5.69 Å². The number of rotatable bonds is 7. The van der Waals surface area contributed by atoms with Crippen LogP contribution in [0.25, 0.3) is 6.08 Å². The normalized spacial score (nSPS) is 13.1. The van der Waals surface area contributed by atoms with Gasteiger partial charge in [0.15, 0.2) is 0 Å².